The van der Waals surface area contributed by atoms with Gasteiger partial charge in [-0.1, -0.05) is 45.9 Å². The second-order valence-corrected chi connectivity index (χ2v) is 7.74. The van der Waals surface area contributed by atoms with E-state index in [0.29, 0.717) is 11.3 Å². The molecule has 0 radical (unpaired) electrons. The fourth-order valence-electron chi connectivity index (χ4n) is 2.85. The maximum Gasteiger partial charge on any atom is 0.374 e. The lowest BCUT2D eigenvalue weighted by Crippen LogP contribution is -2.06. The highest BCUT2D eigenvalue weighted by Gasteiger charge is 2.23. The number of benzene rings is 2. The van der Waals surface area contributed by atoms with Gasteiger partial charge in [0.05, 0.1) is 6.61 Å². The number of furan rings is 1. The first-order chi connectivity index (χ1) is 13.7. The Morgan fingerprint density at radius 1 is 1.25 bits per heavy atom. The molecule has 6 nitrogen and oxygen atoms in total. The van der Waals surface area contributed by atoms with E-state index in [2.05, 4.69) is 26.1 Å². The van der Waals surface area contributed by atoms with Crippen LogP contribution in [0.2, 0.25) is 0 Å². The largest absolute Gasteiger partial charge is 0.460 e. The van der Waals surface area contributed by atoms with E-state index >= 15 is 0 Å². The van der Waals surface area contributed by atoms with E-state index in [4.69, 9.17) is 9.15 Å². The summed E-state index contributed by atoms with van der Waals surface area (Å²) in [4.78, 5) is 12.4. The zero-order valence-corrected chi connectivity index (χ0v) is 17.4. The third-order valence-electron chi connectivity index (χ3n) is 4.11. The SMILES string of the molecule is CCOC(=O)c1oc2ccc(Br)cc2c1CSc1nncn1-c1ccccc1. The summed E-state index contributed by atoms with van der Waals surface area (Å²) >= 11 is 4.97. The summed E-state index contributed by atoms with van der Waals surface area (Å²) in [6.07, 6.45) is 1.67. The van der Waals surface area contributed by atoms with Gasteiger partial charge < -0.3 is 9.15 Å². The Morgan fingerprint density at radius 3 is 2.86 bits per heavy atom. The van der Waals surface area contributed by atoms with Crippen molar-refractivity contribution in [2.24, 2.45) is 0 Å². The Kier molecular flexibility index (Phi) is 5.50. The molecule has 0 saturated heterocycles. The molecule has 2 aromatic heterocycles. The van der Waals surface area contributed by atoms with Gasteiger partial charge >= 0.3 is 5.97 Å². The van der Waals surface area contributed by atoms with Crippen molar-refractivity contribution in [3.63, 3.8) is 0 Å². The number of carbonyl (C=O) groups is 1. The highest BCUT2D eigenvalue weighted by Crippen LogP contribution is 2.34. The van der Waals surface area contributed by atoms with Gasteiger partial charge in [0.1, 0.15) is 11.9 Å². The van der Waals surface area contributed by atoms with Crippen molar-refractivity contribution in [1.29, 1.82) is 0 Å². The molecule has 8 heteroatoms. The van der Waals surface area contributed by atoms with Crippen LogP contribution >= 0.6 is 27.7 Å². The number of hydrogen-bond acceptors (Lipinski definition) is 6. The second-order valence-electron chi connectivity index (χ2n) is 5.88. The van der Waals surface area contributed by atoms with Crippen LogP contribution in [0, 0.1) is 0 Å². The minimum Gasteiger partial charge on any atom is -0.460 e. The van der Waals surface area contributed by atoms with Crippen LogP contribution < -0.4 is 0 Å². The molecule has 4 aromatic rings. The number of ether oxygens (including phenoxy) is 1. The topological polar surface area (TPSA) is 70.2 Å². The van der Waals surface area contributed by atoms with Gasteiger partial charge in [0, 0.05) is 26.9 Å². The first-order valence-electron chi connectivity index (χ1n) is 8.63. The van der Waals surface area contributed by atoms with Crippen molar-refractivity contribution in [3.05, 3.63) is 70.7 Å². The summed E-state index contributed by atoms with van der Waals surface area (Å²) in [5, 5.41) is 9.85. The molecule has 0 bridgehead atoms. The molecule has 2 aromatic carbocycles. The fraction of sp³-hybridized carbons (Fsp3) is 0.150. The summed E-state index contributed by atoms with van der Waals surface area (Å²) < 4.78 is 13.8. The van der Waals surface area contributed by atoms with Crippen LogP contribution in [0.4, 0.5) is 0 Å². The predicted molar refractivity (Wildman–Crippen MR) is 111 cm³/mol. The van der Waals surface area contributed by atoms with E-state index in [-0.39, 0.29) is 12.4 Å². The maximum absolute atomic E-state index is 12.4. The third kappa shape index (κ3) is 3.70. The number of thioether (sulfide) groups is 1. The van der Waals surface area contributed by atoms with Gasteiger partial charge in [0.15, 0.2) is 5.16 Å². The minimum absolute atomic E-state index is 0.230. The van der Waals surface area contributed by atoms with Crippen molar-refractivity contribution in [2.75, 3.05) is 6.61 Å². The lowest BCUT2D eigenvalue weighted by atomic mass is 10.1. The molecule has 0 aliphatic carbocycles. The van der Waals surface area contributed by atoms with Gasteiger partial charge in [-0.3, -0.25) is 4.57 Å². The van der Waals surface area contributed by atoms with E-state index in [1.807, 2.05) is 53.1 Å². The molecule has 28 heavy (non-hydrogen) atoms. The van der Waals surface area contributed by atoms with Crippen LogP contribution in [-0.4, -0.2) is 27.3 Å². The number of carbonyl (C=O) groups excluding carboxylic acids is 1. The summed E-state index contributed by atoms with van der Waals surface area (Å²) in [6, 6.07) is 15.5. The molecule has 4 rings (SSSR count). The second kappa shape index (κ2) is 8.20. The number of rotatable bonds is 6. The highest BCUT2D eigenvalue weighted by atomic mass is 79.9. The molecule has 0 aliphatic rings. The van der Waals surface area contributed by atoms with E-state index in [9.17, 15) is 4.79 Å². The number of fused-ring (bicyclic) bond motifs is 1. The Hall–Kier alpha value is -2.58. The number of para-hydroxylation sites is 1. The molecule has 0 spiro atoms. The highest BCUT2D eigenvalue weighted by molar-refractivity contribution is 9.10. The monoisotopic (exact) mass is 457 g/mol. The Bertz CT molecular complexity index is 1120. The van der Waals surface area contributed by atoms with E-state index in [1.165, 1.54) is 11.8 Å². The van der Waals surface area contributed by atoms with Crippen LogP contribution in [0.15, 0.2) is 68.9 Å². The van der Waals surface area contributed by atoms with Crippen LogP contribution in [0.3, 0.4) is 0 Å². The van der Waals surface area contributed by atoms with Gasteiger partial charge in [-0.25, -0.2) is 4.79 Å². The molecule has 0 saturated carbocycles. The van der Waals surface area contributed by atoms with Crippen molar-refractivity contribution in [2.45, 2.75) is 17.8 Å². The smallest absolute Gasteiger partial charge is 0.374 e. The molecule has 142 valence electrons. The molecular weight excluding hydrogens is 442 g/mol. The number of esters is 1. The Morgan fingerprint density at radius 2 is 2.07 bits per heavy atom. The summed E-state index contributed by atoms with van der Waals surface area (Å²) in [5.74, 6) is 0.256. The maximum atomic E-state index is 12.4. The minimum atomic E-state index is -0.463. The van der Waals surface area contributed by atoms with Gasteiger partial charge in [0.2, 0.25) is 5.76 Å². The standard InChI is InChI=1S/C20H16BrN3O3S/c1-2-26-19(25)18-16(15-10-13(21)8-9-17(15)27-18)11-28-20-23-22-12-24(20)14-6-4-3-5-7-14/h3-10,12H,2,11H2,1H3. The summed E-state index contributed by atoms with van der Waals surface area (Å²) in [6.45, 7) is 2.06. The van der Waals surface area contributed by atoms with Crippen LogP contribution in [0.25, 0.3) is 16.7 Å². The van der Waals surface area contributed by atoms with Crippen LogP contribution in [0.5, 0.6) is 0 Å². The van der Waals surface area contributed by atoms with Crippen molar-refractivity contribution in [3.8, 4) is 5.69 Å². The lowest BCUT2D eigenvalue weighted by Gasteiger charge is -2.06. The molecule has 2 heterocycles. The first-order valence-corrected chi connectivity index (χ1v) is 10.4. The molecule has 0 fully saturated rings. The predicted octanol–water partition coefficient (Wildman–Crippen LogP) is 5.25. The fourth-order valence-corrected chi connectivity index (χ4v) is 4.17. The van der Waals surface area contributed by atoms with Crippen LogP contribution in [-0.2, 0) is 10.5 Å². The summed E-state index contributed by atoms with van der Waals surface area (Å²) in [7, 11) is 0. The van der Waals surface area contributed by atoms with E-state index in [0.717, 1.165) is 26.3 Å². The van der Waals surface area contributed by atoms with Gasteiger partial charge in [0.25, 0.3) is 0 Å². The molecular formula is C20H16BrN3O3S. The number of halogens is 1. The quantitative estimate of drug-likeness (QED) is 0.291. The van der Waals surface area contributed by atoms with Gasteiger partial charge in [-0.2, -0.15) is 0 Å². The van der Waals surface area contributed by atoms with E-state index in [1.54, 1.807) is 13.3 Å². The average molecular weight is 458 g/mol. The van der Waals surface area contributed by atoms with E-state index < -0.39 is 5.97 Å². The lowest BCUT2D eigenvalue weighted by molar-refractivity contribution is 0.0491. The van der Waals surface area contributed by atoms with Crippen molar-refractivity contribution in [1.82, 2.24) is 14.8 Å². The van der Waals surface area contributed by atoms with Crippen LogP contribution in [0.1, 0.15) is 23.0 Å². The zero-order valence-electron chi connectivity index (χ0n) is 15.0. The van der Waals surface area contributed by atoms with Gasteiger partial charge in [-0.15, -0.1) is 10.2 Å². The zero-order chi connectivity index (χ0) is 19.5. The third-order valence-corrected chi connectivity index (χ3v) is 5.57. The Balaban J connectivity index is 1.69. The molecule has 0 atom stereocenters. The Labute approximate surface area is 174 Å². The molecule has 0 N–H and O–H groups in total. The average Bonchev–Trinajstić information content (AvgIpc) is 3.31. The first kappa shape index (κ1) is 18.8. The number of hydrogen-bond donors (Lipinski definition) is 0. The number of nitrogens with zero attached hydrogens (tertiary/aromatic N) is 3. The molecule has 0 amide bonds. The molecule has 0 aliphatic heterocycles. The molecule has 0 unspecified atom stereocenters. The number of aromatic nitrogens is 3. The summed E-state index contributed by atoms with van der Waals surface area (Å²) in [5.41, 5.74) is 2.40. The normalized spacial score (nSPS) is 11.1. The van der Waals surface area contributed by atoms with Gasteiger partial charge in [-0.05, 0) is 37.3 Å². The van der Waals surface area contributed by atoms with Crippen molar-refractivity contribution < 1.29 is 13.9 Å². The van der Waals surface area contributed by atoms with Crippen molar-refractivity contribution >= 4 is 44.6 Å².